The molecule has 1 aliphatic heterocycles. The number of amides is 3. The zero-order chi connectivity index (χ0) is 19.5. The van der Waals surface area contributed by atoms with Gasteiger partial charge in [0.15, 0.2) is 0 Å². The fourth-order valence-electron chi connectivity index (χ4n) is 2.46. The molecule has 1 aromatic carbocycles. The Morgan fingerprint density at radius 2 is 1.65 bits per heavy atom. The van der Waals surface area contributed by atoms with E-state index in [4.69, 9.17) is 4.74 Å². The Balaban J connectivity index is 2.21. The van der Waals surface area contributed by atoms with Gasteiger partial charge in [-0.25, -0.2) is 5.01 Å². The molecule has 0 saturated heterocycles. The zero-order valence-electron chi connectivity index (χ0n) is 15.3. The van der Waals surface area contributed by atoms with Crippen LogP contribution in [0.2, 0.25) is 0 Å². The second-order valence-electron chi connectivity index (χ2n) is 6.63. The van der Waals surface area contributed by atoms with Crippen molar-refractivity contribution < 1.29 is 23.9 Å². The smallest absolute Gasteiger partial charge is 0.308 e. The number of ether oxygens (including phenoxy) is 1. The first-order valence-corrected chi connectivity index (χ1v) is 9.28. The van der Waals surface area contributed by atoms with Crippen LogP contribution in [0.15, 0.2) is 24.3 Å². The molecule has 1 aliphatic rings. The number of benzene rings is 1. The maximum absolute atomic E-state index is 12.6. The van der Waals surface area contributed by atoms with Gasteiger partial charge in [0.25, 0.3) is 11.8 Å². The number of thioether (sulfide) groups is 1. The summed E-state index contributed by atoms with van der Waals surface area (Å²) in [7, 11) is 0. The van der Waals surface area contributed by atoms with E-state index in [9.17, 15) is 19.2 Å². The van der Waals surface area contributed by atoms with Crippen molar-refractivity contribution in [2.75, 3.05) is 12.3 Å². The van der Waals surface area contributed by atoms with E-state index in [2.05, 4.69) is 0 Å². The fourth-order valence-corrected chi connectivity index (χ4v) is 3.03. The number of carbonyl (C=O) groups excluding carboxylic acids is 4. The third kappa shape index (κ3) is 4.43. The largest absolute Gasteiger partial charge is 0.460 e. The normalized spacial score (nSPS) is 13.6. The molecular weight excluding hydrogens is 356 g/mol. The zero-order valence-corrected chi connectivity index (χ0v) is 16.1. The second-order valence-corrected chi connectivity index (χ2v) is 7.84. The Kier molecular flexibility index (Phi) is 6.07. The van der Waals surface area contributed by atoms with E-state index in [-0.39, 0.29) is 24.1 Å². The molecule has 0 fully saturated rings. The molecule has 0 radical (unpaired) electrons. The van der Waals surface area contributed by atoms with Crippen LogP contribution in [-0.4, -0.2) is 50.9 Å². The summed E-state index contributed by atoms with van der Waals surface area (Å²) in [4.78, 5) is 49.7. The van der Waals surface area contributed by atoms with Crippen LogP contribution in [0.3, 0.4) is 0 Å². The van der Waals surface area contributed by atoms with Gasteiger partial charge in [0.1, 0.15) is 5.60 Å². The van der Waals surface area contributed by atoms with E-state index in [0.717, 1.165) is 21.8 Å². The number of hydrogen-bond donors (Lipinski definition) is 0. The van der Waals surface area contributed by atoms with E-state index < -0.39 is 28.6 Å². The van der Waals surface area contributed by atoms with E-state index in [1.807, 2.05) is 0 Å². The molecular formula is C18H22N2O5S. The lowest BCUT2D eigenvalue weighted by molar-refractivity contribution is -0.155. The third-order valence-corrected chi connectivity index (χ3v) is 4.19. The van der Waals surface area contributed by atoms with Crippen LogP contribution in [0.5, 0.6) is 0 Å². The summed E-state index contributed by atoms with van der Waals surface area (Å²) < 4.78 is 5.23. The average molecular weight is 378 g/mol. The van der Waals surface area contributed by atoms with Gasteiger partial charge in [-0.2, -0.15) is 5.01 Å². The predicted molar refractivity (Wildman–Crippen MR) is 97.6 cm³/mol. The number of esters is 1. The first kappa shape index (κ1) is 20.0. The van der Waals surface area contributed by atoms with Crippen molar-refractivity contribution in [3.8, 4) is 0 Å². The minimum Gasteiger partial charge on any atom is -0.460 e. The van der Waals surface area contributed by atoms with Gasteiger partial charge in [0.2, 0.25) is 0 Å². The van der Waals surface area contributed by atoms with Gasteiger partial charge >= 0.3 is 11.2 Å². The highest BCUT2D eigenvalue weighted by Gasteiger charge is 2.41. The lowest BCUT2D eigenvalue weighted by atomic mass is 10.1. The molecule has 1 heterocycles. The molecule has 0 N–H and O–H groups in total. The Morgan fingerprint density at radius 1 is 1.12 bits per heavy atom. The highest BCUT2D eigenvalue weighted by molar-refractivity contribution is 8.13. The molecule has 0 bridgehead atoms. The summed E-state index contributed by atoms with van der Waals surface area (Å²) in [6.07, 6.45) is -0.124. The van der Waals surface area contributed by atoms with Crippen LogP contribution in [0, 0.1) is 0 Å². The van der Waals surface area contributed by atoms with Gasteiger partial charge in [0, 0.05) is 0 Å². The monoisotopic (exact) mass is 378 g/mol. The second kappa shape index (κ2) is 7.90. The van der Waals surface area contributed by atoms with Gasteiger partial charge in [0.05, 0.1) is 24.1 Å². The van der Waals surface area contributed by atoms with Gasteiger partial charge in [-0.1, -0.05) is 30.8 Å². The molecule has 7 nitrogen and oxygen atoms in total. The Hall–Kier alpha value is -2.35. The average Bonchev–Trinajstić information content (AvgIpc) is 2.79. The molecule has 8 heteroatoms. The van der Waals surface area contributed by atoms with Gasteiger partial charge < -0.3 is 4.74 Å². The number of carbonyl (C=O) groups is 4. The molecule has 140 valence electrons. The molecule has 2 rings (SSSR count). The lowest BCUT2D eigenvalue weighted by Gasteiger charge is -2.29. The van der Waals surface area contributed by atoms with Crippen molar-refractivity contribution in [2.45, 2.75) is 39.7 Å². The molecule has 0 aliphatic carbocycles. The van der Waals surface area contributed by atoms with E-state index in [1.165, 1.54) is 0 Å². The number of nitrogens with zero attached hydrogens (tertiary/aromatic N) is 2. The van der Waals surface area contributed by atoms with Crippen LogP contribution >= 0.6 is 11.8 Å². The highest BCUT2D eigenvalue weighted by Crippen LogP contribution is 2.26. The third-order valence-electron chi connectivity index (χ3n) is 3.44. The van der Waals surface area contributed by atoms with Crippen LogP contribution < -0.4 is 0 Å². The molecule has 1 aromatic rings. The Bertz CT molecular complexity index is 706. The Labute approximate surface area is 156 Å². The van der Waals surface area contributed by atoms with Crippen molar-refractivity contribution in [3.63, 3.8) is 0 Å². The lowest BCUT2D eigenvalue weighted by Crippen LogP contribution is -2.49. The van der Waals surface area contributed by atoms with Crippen LogP contribution in [0.25, 0.3) is 0 Å². The van der Waals surface area contributed by atoms with Crippen LogP contribution in [-0.2, 0) is 9.53 Å². The summed E-state index contributed by atoms with van der Waals surface area (Å²) in [6.45, 7) is 6.89. The fraction of sp³-hybridized carbons (Fsp3) is 0.444. The standard InChI is InChI=1S/C18H22N2O5S/c1-5-26-17(24)19(11-10-14(21)25-18(2,3)4)20-15(22)12-8-6-7-9-13(12)16(20)23/h6-9H,5,10-11H2,1-4H3. The number of rotatable bonds is 5. The van der Waals surface area contributed by atoms with E-state index in [0.29, 0.717) is 5.75 Å². The summed E-state index contributed by atoms with van der Waals surface area (Å²) in [5.74, 6) is -1.17. The van der Waals surface area contributed by atoms with Crippen molar-refractivity contribution in [2.24, 2.45) is 0 Å². The summed E-state index contributed by atoms with van der Waals surface area (Å²) in [5.41, 5.74) is -0.164. The molecule has 0 aromatic heterocycles. The van der Waals surface area contributed by atoms with Crippen molar-refractivity contribution in [1.29, 1.82) is 0 Å². The van der Waals surface area contributed by atoms with Crippen molar-refractivity contribution in [3.05, 3.63) is 35.4 Å². The summed E-state index contributed by atoms with van der Waals surface area (Å²) in [6, 6.07) is 6.39. The molecule has 3 amide bonds. The minimum atomic E-state index is -0.653. The molecule has 26 heavy (non-hydrogen) atoms. The molecule has 0 atom stereocenters. The maximum atomic E-state index is 12.6. The van der Waals surface area contributed by atoms with Crippen molar-refractivity contribution >= 4 is 34.8 Å². The highest BCUT2D eigenvalue weighted by atomic mass is 32.2. The van der Waals surface area contributed by atoms with E-state index >= 15 is 0 Å². The van der Waals surface area contributed by atoms with Gasteiger partial charge in [-0.3, -0.25) is 19.2 Å². The topological polar surface area (TPSA) is 84.0 Å². The first-order chi connectivity index (χ1) is 12.2. The molecule has 0 spiro atoms. The quantitative estimate of drug-likeness (QED) is 0.578. The minimum absolute atomic E-state index is 0.119. The number of hydrogen-bond acceptors (Lipinski definition) is 6. The summed E-state index contributed by atoms with van der Waals surface area (Å²) >= 11 is 0.963. The number of hydrazine groups is 1. The summed E-state index contributed by atoms with van der Waals surface area (Å²) in [5, 5.41) is 1.38. The van der Waals surface area contributed by atoms with E-state index in [1.54, 1.807) is 52.0 Å². The van der Waals surface area contributed by atoms with Gasteiger partial charge in [-0.15, -0.1) is 0 Å². The predicted octanol–water partition coefficient (Wildman–Crippen LogP) is 3.10. The molecule has 0 unspecified atom stereocenters. The Morgan fingerprint density at radius 3 is 2.12 bits per heavy atom. The SMILES string of the molecule is CCSC(=O)N(CCC(=O)OC(C)(C)C)N1C(=O)c2ccccc2C1=O. The maximum Gasteiger partial charge on any atom is 0.308 e. The molecule has 0 saturated carbocycles. The van der Waals surface area contributed by atoms with Crippen LogP contribution in [0.4, 0.5) is 4.79 Å². The number of fused-ring (bicyclic) bond motifs is 1. The first-order valence-electron chi connectivity index (χ1n) is 8.29. The number of imide groups is 1. The van der Waals surface area contributed by atoms with Gasteiger partial charge in [-0.05, 0) is 38.7 Å². The van der Waals surface area contributed by atoms with Crippen LogP contribution in [0.1, 0.15) is 54.8 Å². The van der Waals surface area contributed by atoms with Crippen molar-refractivity contribution in [1.82, 2.24) is 10.0 Å².